The van der Waals surface area contributed by atoms with Gasteiger partial charge in [0.05, 0.1) is 6.61 Å². The number of likely N-dealkylation sites (N-methyl/N-ethyl adjacent to an activating group) is 1. The Labute approximate surface area is 142 Å². The van der Waals surface area contributed by atoms with Gasteiger partial charge < -0.3 is 19.8 Å². The van der Waals surface area contributed by atoms with Crippen molar-refractivity contribution in [2.45, 2.75) is 49.9 Å². The zero-order valence-corrected chi connectivity index (χ0v) is 14.3. The molecule has 4 atom stereocenters. The number of ketones is 1. The number of ether oxygens (including phenoxy) is 1. The third-order valence-electron chi connectivity index (χ3n) is 6.70. The molecule has 1 aromatic carbocycles. The van der Waals surface area contributed by atoms with E-state index < -0.39 is 0 Å². The van der Waals surface area contributed by atoms with Gasteiger partial charge in [-0.3, -0.25) is 4.79 Å². The zero-order chi connectivity index (χ0) is 17.1. The smallest absolute Gasteiger partial charge is 0.162 e. The van der Waals surface area contributed by atoms with Gasteiger partial charge >= 0.3 is 0 Å². The second-order valence-electron chi connectivity index (χ2n) is 7.63. The second-order valence-corrected chi connectivity index (χ2v) is 7.63. The van der Waals surface area contributed by atoms with Crippen LogP contribution in [0.15, 0.2) is 12.1 Å². The molecule has 1 heterocycles. The average Bonchev–Trinajstić information content (AvgIpc) is 2.57. The van der Waals surface area contributed by atoms with Gasteiger partial charge in [-0.15, -0.1) is 0 Å². The highest BCUT2D eigenvalue weighted by atomic mass is 16.5. The van der Waals surface area contributed by atoms with E-state index in [0.717, 1.165) is 30.5 Å². The average molecular weight is 331 g/mol. The number of carbonyl (C=O) groups excluding carboxylic acids is 1. The quantitative estimate of drug-likeness (QED) is 0.857. The molecule has 1 saturated heterocycles. The summed E-state index contributed by atoms with van der Waals surface area (Å²) < 4.78 is 5.44. The first-order chi connectivity index (χ1) is 11.5. The summed E-state index contributed by atoms with van der Waals surface area (Å²) in [7, 11) is 3.76. The van der Waals surface area contributed by atoms with Crippen LogP contribution in [0.5, 0.6) is 5.75 Å². The fourth-order valence-electron chi connectivity index (χ4n) is 5.47. The molecular formula is C19H25NO4. The van der Waals surface area contributed by atoms with Gasteiger partial charge in [-0.05, 0) is 44.3 Å². The Hall–Kier alpha value is -1.43. The SMILES string of the molecule is CO[C@@H]1C[C@@H]2[C@@H]3Cc4ccc(CO)c(O)c4[C@]2(CCN3C)CC1=O. The molecule has 24 heavy (non-hydrogen) atoms. The van der Waals surface area contributed by atoms with E-state index in [-0.39, 0.29) is 29.7 Å². The van der Waals surface area contributed by atoms with Crippen LogP contribution in [-0.4, -0.2) is 53.7 Å². The van der Waals surface area contributed by atoms with Crippen LogP contribution in [0.25, 0.3) is 0 Å². The number of benzene rings is 1. The van der Waals surface area contributed by atoms with Crippen molar-refractivity contribution in [3.8, 4) is 5.75 Å². The normalized spacial score (nSPS) is 35.5. The summed E-state index contributed by atoms with van der Waals surface area (Å²) in [6.45, 7) is 0.742. The lowest BCUT2D eigenvalue weighted by Crippen LogP contribution is -2.63. The summed E-state index contributed by atoms with van der Waals surface area (Å²) >= 11 is 0. The van der Waals surface area contributed by atoms with Gasteiger partial charge in [0.25, 0.3) is 0 Å². The van der Waals surface area contributed by atoms with Gasteiger partial charge in [-0.1, -0.05) is 12.1 Å². The number of hydrogen-bond donors (Lipinski definition) is 2. The van der Waals surface area contributed by atoms with Crippen molar-refractivity contribution in [1.29, 1.82) is 0 Å². The lowest BCUT2D eigenvalue weighted by atomic mass is 9.51. The molecule has 3 aliphatic rings. The summed E-state index contributed by atoms with van der Waals surface area (Å²) in [5.41, 5.74) is 2.29. The molecular weight excluding hydrogens is 306 g/mol. The molecule has 5 heteroatoms. The summed E-state index contributed by atoms with van der Waals surface area (Å²) in [5, 5.41) is 20.4. The molecule has 1 aromatic rings. The molecule has 2 fully saturated rings. The molecule has 1 saturated carbocycles. The van der Waals surface area contributed by atoms with E-state index in [2.05, 4.69) is 11.9 Å². The number of hydrogen-bond acceptors (Lipinski definition) is 5. The van der Waals surface area contributed by atoms with Gasteiger partial charge in [0.15, 0.2) is 5.78 Å². The Kier molecular flexibility index (Phi) is 3.71. The number of likely N-dealkylation sites (tertiary alicyclic amines) is 1. The van der Waals surface area contributed by atoms with Gasteiger partial charge in [-0.2, -0.15) is 0 Å². The van der Waals surface area contributed by atoms with Crippen molar-refractivity contribution >= 4 is 5.78 Å². The summed E-state index contributed by atoms with van der Waals surface area (Å²) in [6.07, 6.45) is 2.55. The van der Waals surface area contributed by atoms with Gasteiger partial charge in [0.2, 0.25) is 0 Å². The van der Waals surface area contributed by atoms with E-state index in [1.165, 1.54) is 0 Å². The van der Waals surface area contributed by atoms with Crippen molar-refractivity contribution in [3.63, 3.8) is 0 Å². The first-order valence-electron chi connectivity index (χ1n) is 8.72. The van der Waals surface area contributed by atoms with E-state index in [1.807, 2.05) is 12.1 Å². The molecule has 4 rings (SSSR count). The maximum absolute atomic E-state index is 12.7. The van der Waals surface area contributed by atoms with Crippen molar-refractivity contribution in [2.75, 3.05) is 20.7 Å². The summed E-state index contributed by atoms with van der Waals surface area (Å²) in [6, 6.07) is 4.21. The van der Waals surface area contributed by atoms with Crippen LogP contribution in [0.3, 0.4) is 0 Å². The summed E-state index contributed by atoms with van der Waals surface area (Å²) in [4.78, 5) is 15.1. The molecule has 2 bridgehead atoms. The Balaban J connectivity index is 1.91. The van der Waals surface area contributed by atoms with Crippen LogP contribution in [0.1, 0.15) is 36.0 Å². The topological polar surface area (TPSA) is 70.0 Å². The highest BCUT2D eigenvalue weighted by Gasteiger charge is 2.58. The molecule has 0 radical (unpaired) electrons. The number of fused-ring (bicyclic) bond motifs is 1. The van der Waals surface area contributed by atoms with Crippen molar-refractivity contribution in [3.05, 3.63) is 28.8 Å². The number of nitrogens with zero attached hydrogens (tertiary/aromatic N) is 1. The maximum atomic E-state index is 12.7. The number of rotatable bonds is 2. The summed E-state index contributed by atoms with van der Waals surface area (Å²) in [5.74, 6) is 0.636. The number of carbonyl (C=O) groups is 1. The van der Waals surface area contributed by atoms with Crippen molar-refractivity contribution in [2.24, 2.45) is 5.92 Å². The van der Waals surface area contributed by atoms with Gasteiger partial charge in [-0.25, -0.2) is 0 Å². The van der Waals surface area contributed by atoms with Crippen LogP contribution < -0.4 is 0 Å². The van der Waals surface area contributed by atoms with Crippen LogP contribution >= 0.6 is 0 Å². The molecule has 0 unspecified atom stereocenters. The van der Waals surface area contributed by atoms with E-state index in [1.54, 1.807) is 7.11 Å². The van der Waals surface area contributed by atoms with Crippen molar-refractivity contribution in [1.82, 2.24) is 4.90 Å². The molecule has 5 nitrogen and oxygen atoms in total. The highest BCUT2D eigenvalue weighted by Crippen LogP contribution is 2.57. The van der Waals surface area contributed by atoms with E-state index >= 15 is 0 Å². The molecule has 0 spiro atoms. The first kappa shape index (κ1) is 16.1. The number of piperidine rings is 1. The van der Waals surface area contributed by atoms with E-state index in [9.17, 15) is 15.0 Å². The fraction of sp³-hybridized carbons (Fsp3) is 0.632. The number of phenols is 1. The van der Waals surface area contributed by atoms with E-state index in [0.29, 0.717) is 30.4 Å². The number of aliphatic hydroxyl groups excluding tert-OH is 1. The lowest BCUT2D eigenvalue weighted by Gasteiger charge is -2.58. The van der Waals surface area contributed by atoms with E-state index in [4.69, 9.17) is 4.74 Å². The monoisotopic (exact) mass is 331 g/mol. The minimum atomic E-state index is -0.332. The highest BCUT2D eigenvalue weighted by molar-refractivity contribution is 5.86. The largest absolute Gasteiger partial charge is 0.507 e. The second kappa shape index (κ2) is 5.55. The van der Waals surface area contributed by atoms with Crippen LogP contribution in [0.4, 0.5) is 0 Å². The minimum absolute atomic E-state index is 0.138. The number of methoxy groups -OCH3 is 1. The Morgan fingerprint density at radius 3 is 2.92 bits per heavy atom. The minimum Gasteiger partial charge on any atom is -0.507 e. The Bertz CT molecular complexity index is 688. The molecule has 130 valence electrons. The van der Waals surface area contributed by atoms with Gasteiger partial charge in [0.1, 0.15) is 11.9 Å². The number of aliphatic hydroxyl groups is 1. The molecule has 2 aliphatic carbocycles. The number of Topliss-reactive ketones (excluding diaryl/α,β-unsaturated/α-hetero) is 1. The van der Waals surface area contributed by atoms with Crippen LogP contribution in [0, 0.1) is 5.92 Å². The fourth-order valence-corrected chi connectivity index (χ4v) is 5.47. The predicted octanol–water partition coefficient (Wildman–Crippen LogP) is 1.38. The maximum Gasteiger partial charge on any atom is 0.162 e. The predicted molar refractivity (Wildman–Crippen MR) is 89.0 cm³/mol. The van der Waals surface area contributed by atoms with Crippen molar-refractivity contribution < 1.29 is 19.7 Å². The Morgan fingerprint density at radius 2 is 2.21 bits per heavy atom. The van der Waals surface area contributed by atoms with Crippen LogP contribution in [-0.2, 0) is 28.0 Å². The molecule has 1 aliphatic heterocycles. The molecule has 0 amide bonds. The molecule has 0 aromatic heterocycles. The molecule has 2 N–H and O–H groups in total. The third kappa shape index (κ3) is 2.01. The lowest BCUT2D eigenvalue weighted by molar-refractivity contribution is -0.141. The number of aromatic hydroxyl groups is 1. The zero-order valence-electron chi connectivity index (χ0n) is 14.3. The first-order valence-corrected chi connectivity index (χ1v) is 8.72. The Morgan fingerprint density at radius 1 is 1.42 bits per heavy atom. The third-order valence-corrected chi connectivity index (χ3v) is 6.70. The van der Waals surface area contributed by atoms with Gasteiger partial charge in [0, 0.05) is 36.1 Å². The standard InChI is InChI=1S/C19H25NO4/c1-20-6-5-19-9-15(22)16(24-2)8-13(19)14(20)7-11-3-4-12(10-21)18(23)17(11)19/h3-4,13-14,16,21,23H,5-10H2,1-2H3/t13-,14+,16-,19-/m1/s1. The van der Waals surface area contributed by atoms with Crippen LogP contribution in [0.2, 0.25) is 0 Å².